The van der Waals surface area contributed by atoms with Crippen molar-refractivity contribution in [2.75, 3.05) is 10.6 Å². The van der Waals surface area contributed by atoms with Gasteiger partial charge in [0, 0.05) is 22.8 Å². The third-order valence-corrected chi connectivity index (χ3v) is 5.67. The van der Waals surface area contributed by atoms with Crippen LogP contribution in [0.2, 0.25) is 0 Å². The van der Waals surface area contributed by atoms with Gasteiger partial charge >= 0.3 is 12.2 Å². The largest absolute Gasteiger partial charge is 0.416 e. The molecule has 7 heteroatoms. The summed E-state index contributed by atoms with van der Waals surface area (Å²) in [5, 5.41) is 6.19. The monoisotopic (exact) mass is 435 g/mol. The minimum absolute atomic E-state index is 0.271. The maximum Gasteiger partial charge on any atom is 0.416 e. The molecule has 1 heterocycles. The first-order chi connectivity index (χ1) is 15.4. The van der Waals surface area contributed by atoms with E-state index in [0.717, 1.165) is 34.2 Å². The van der Waals surface area contributed by atoms with Gasteiger partial charge in [0.2, 0.25) is 0 Å². The van der Waals surface area contributed by atoms with Crippen LogP contribution in [0.5, 0.6) is 0 Å². The summed E-state index contributed by atoms with van der Waals surface area (Å²) in [5.74, 6) is 0.664. The Balaban J connectivity index is 1.34. The average molecular weight is 435 g/mol. The van der Waals surface area contributed by atoms with Crippen molar-refractivity contribution in [2.45, 2.75) is 24.9 Å². The molecule has 1 fully saturated rings. The number of H-pyrrole nitrogens is 1. The third-order valence-electron chi connectivity index (χ3n) is 5.67. The molecule has 162 valence electrons. The number of nitrogens with one attached hydrogen (secondary N) is 3. The summed E-state index contributed by atoms with van der Waals surface area (Å²) in [5.41, 5.74) is 4.49. The first-order valence-corrected chi connectivity index (χ1v) is 10.3. The second-order valence-corrected chi connectivity index (χ2v) is 8.02. The van der Waals surface area contributed by atoms with Crippen LogP contribution in [0.25, 0.3) is 22.0 Å². The number of rotatable bonds is 4. The molecule has 5 rings (SSSR count). The van der Waals surface area contributed by atoms with E-state index in [2.05, 4.69) is 39.9 Å². The van der Waals surface area contributed by atoms with Gasteiger partial charge in [-0.15, -0.1) is 0 Å². The van der Waals surface area contributed by atoms with Crippen LogP contribution >= 0.6 is 0 Å². The molecule has 0 radical (unpaired) electrons. The molecule has 4 nitrogen and oxygen atoms in total. The third kappa shape index (κ3) is 4.19. The molecule has 3 N–H and O–H groups in total. The van der Waals surface area contributed by atoms with E-state index in [1.165, 1.54) is 30.5 Å². The van der Waals surface area contributed by atoms with Crippen molar-refractivity contribution in [1.82, 2.24) is 4.98 Å². The zero-order valence-corrected chi connectivity index (χ0v) is 17.0. The maximum atomic E-state index is 12.7. The Bertz CT molecular complexity index is 1290. The Kier molecular flexibility index (Phi) is 4.89. The summed E-state index contributed by atoms with van der Waals surface area (Å²) in [6, 6.07) is 18.3. The Hall–Kier alpha value is -3.74. The molecule has 1 aromatic heterocycles. The quantitative estimate of drug-likeness (QED) is 0.308. The second-order valence-electron chi connectivity index (χ2n) is 8.02. The molecule has 4 aromatic rings. The van der Waals surface area contributed by atoms with E-state index < -0.39 is 17.8 Å². The summed E-state index contributed by atoms with van der Waals surface area (Å²) < 4.78 is 38.1. The number of fused-ring (bicyclic) bond motifs is 1. The van der Waals surface area contributed by atoms with Crippen molar-refractivity contribution in [3.8, 4) is 11.1 Å². The Morgan fingerprint density at radius 2 is 1.66 bits per heavy atom. The van der Waals surface area contributed by atoms with E-state index in [4.69, 9.17) is 0 Å². The van der Waals surface area contributed by atoms with Crippen molar-refractivity contribution in [3.05, 3.63) is 84.1 Å². The van der Waals surface area contributed by atoms with Gasteiger partial charge in [-0.25, -0.2) is 4.79 Å². The highest BCUT2D eigenvalue weighted by atomic mass is 19.4. The van der Waals surface area contributed by atoms with Crippen LogP contribution in [-0.2, 0) is 6.18 Å². The summed E-state index contributed by atoms with van der Waals surface area (Å²) >= 11 is 0. The average Bonchev–Trinajstić information content (AvgIpc) is 3.56. The molecular formula is C25H20F3N3O. The fourth-order valence-electron chi connectivity index (χ4n) is 3.82. The van der Waals surface area contributed by atoms with Crippen molar-refractivity contribution < 1.29 is 18.0 Å². The zero-order chi connectivity index (χ0) is 22.3. The van der Waals surface area contributed by atoms with Gasteiger partial charge in [-0.05, 0) is 71.8 Å². The van der Waals surface area contributed by atoms with E-state index >= 15 is 0 Å². The van der Waals surface area contributed by atoms with Gasteiger partial charge in [0.15, 0.2) is 0 Å². The summed E-state index contributed by atoms with van der Waals surface area (Å²) in [7, 11) is 0. The first-order valence-electron chi connectivity index (χ1n) is 10.3. The van der Waals surface area contributed by atoms with Gasteiger partial charge in [0.05, 0.1) is 11.3 Å². The number of halogens is 3. The Labute approximate surface area is 182 Å². The lowest BCUT2D eigenvalue weighted by Crippen LogP contribution is -2.19. The van der Waals surface area contributed by atoms with E-state index in [9.17, 15) is 18.0 Å². The fraction of sp³-hybridized carbons (Fsp3) is 0.160. The maximum absolute atomic E-state index is 12.7. The van der Waals surface area contributed by atoms with E-state index in [1.54, 1.807) is 6.20 Å². The molecule has 0 spiro atoms. The summed E-state index contributed by atoms with van der Waals surface area (Å²) in [6.07, 6.45) is -0.243. The van der Waals surface area contributed by atoms with E-state index in [0.29, 0.717) is 11.6 Å². The number of aromatic nitrogens is 1. The van der Waals surface area contributed by atoms with Crippen LogP contribution in [0.15, 0.2) is 72.9 Å². The van der Waals surface area contributed by atoms with E-state index in [-0.39, 0.29) is 5.69 Å². The van der Waals surface area contributed by atoms with Crippen molar-refractivity contribution >= 4 is 28.3 Å². The minimum atomic E-state index is -4.42. The Morgan fingerprint density at radius 1 is 0.906 bits per heavy atom. The molecule has 0 bridgehead atoms. The molecule has 1 saturated carbocycles. The highest BCUT2D eigenvalue weighted by Gasteiger charge is 2.30. The summed E-state index contributed by atoms with van der Waals surface area (Å²) in [4.78, 5) is 15.6. The van der Waals surface area contributed by atoms with E-state index in [1.807, 2.05) is 18.2 Å². The SMILES string of the molecule is O=C(Nc1ccc(C(F)(F)F)cc1)Nc1c[nH]c2ccc(-c3cccc(C4CC4)c3)cc12. The topological polar surface area (TPSA) is 56.9 Å². The van der Waals surface area contributed by atoms with Crippen molar-refractivity contribution in [2.24, 2.45) is 0 Å². The lowest BCUT2D eigenvalue weighted by atomic mass is 10.00. The van der Waals surface area contributed by atoms with Crippen LogP contribution in [-0.4, -0.2) is 11.0 Å². The Morgan fingerprint density at radius 3 is 2.38 bits per heavy atom. The molecular weight excluding hydrogens is 415 g/mol. The van der Waals surface area contributed by atoms with Crippen LogP contribution in [0.3, 0.4) is 0 Å². The molecule has 0 unspecified atom stereocenters. The van der Waals surface area contributed by atoms with Crippen LogP contribution in [0.4, 0.5) is 29.3 Å². The van der Waals surface area contributed by atoms with Gasteiger partial charge < -0.3 is 15.6 Å². The number of alkyl halides is 3. The summed E-state index contributed by atoms with van der Waals surface area (Å²) in [6.45, 7) is 0. The van der Waals surface area contributed by atoms with Crippen molar-refractivity contribution in [1.29, 1.82) is 0 Å². The number of urea groups is 1. The number of carbonyl (C=O) groups is 1. The van der Waals surface area contributed by atoms with Crippen LogP contribution < -0.4 is 10.6 Å². The molecule has 0 aliphatic heterocycles. The highest BCUT2D eigenvalue weighted by Crippen LogP contribution is 2.41. The number of carbonyl (C=O) groups excluding carboxylic acids is 1. The molecule has 1 aliphatic rings. The zero-order valence-electron chi connectivity index (χ0n) is 17.0. The van der Waals surface area contributed by atoms with Crippen LogP contribution in [0.1, 0.15) is 29.9 Å². The smallest absolute Gasteiger partial charge is 0.359 e. The highest BCUT2D eigenvalue weighted by molar-refractivity contribution is 6.06. The fourth-order valence-corrected chi connectivity index (χ4v) is 3.82. The molecule has 2 amide bonds. The standard InChI is InChI=1S/C25H20F3N3O/c26-25(27,28)19-7-9-20(10-8-19)30-24(32)31-23-14-29-22-11-6-18(13-21(22)23)17-3-1-2-16(12-17)15-4-5-15/h1-3,6-15,29H,4-5H2,(H2,30,31,32). The van der Waals surface area contributed by atoms with Gasteiger partial charge in [-0.2, -0.15) is 13.2 Å². The number of benzene rings is 3. The molecule has 3 aromatic carbocycles. The lowest BCUT2D eigenvalue weighted by Gasteiger charge is -2.10. The predicted molar refractivity (Wildman–Crippen MR) is 120 cm³/mol. The number of hydrogen-bond donors (Lipinski definition) is 3. The van der Waals surface area contributed by atoms with Gasteiger partial charge in [0.25, 0.3) is 0 Å². The number of amides is 2. The molecule has 0 saturated heterocycles. The van der Waals surface area contributed by atoms with Crippen molar-refractivity contribution in [3.63, 3.8) is 0 Å². The van der Waals surface area contributed by atoms with Gasteiger partial charge in [0.1, 0.15) is 0 Å². The lowest BCUT2D eigenvalue weighted by molar-refractivity contribution is -0.137. The second kappa shape index (κ2) is 7.75. The van der Waals surface area contributed by atoms with Gasteiger partial charge in [-0.3, -0.25) is 0 Å². The minimum Gasteiger partial charge on any atom is -0.359 e. The molecule has 1 aliphatic carbocycles. The normalized spacial score (nSPS) is 13.8. The number of aromatic amines is 1. The predicted octanol–water partition coefficient (Wildman–Crippen LogP) is 7.38. The van der Waals surface area contributed by atoms with Crippen LogP contribution in [0, 0.1) is 0 Å². The molecule has 32 heavy (non-hydrogen) atoms. The number of anilines is 2. The number of hydrogen-bond acceptors (Lipinski definition) is 1. The molecule has 0 atom stereocenters. The first kappa shape index (κ1) is 20.2. The van der Waals surface area contributed by atoms with Gasteiger partial charge in [-0.1, -0.05) is 30.3 Å².